The Hall–Kier alpha value is -4.23. The van der Waals surface area contributed by atoms with Gasteiger partial charge >= 0.3 is 6.18 Å². The first kappa shape index (κ1) is 26.4. The third-order valence-electron chi connectivity index (χ3n) is 6.93. The number of Topliss-reactive ketones (excluding diaryl/α,β-unsaturated/α-hetero) is 1. The van der Waals surface area contributed by atoms with Crippen molar-refractivity contribution in [1.29, 1.82) is 0 Å². The lowest BCUT2D eigenvalue weighted by Gasteiger charge is -2.26. The van der Waals surface area contributed by atoms with Crippen molar-refractivity contribution in [2.24, 2.45) is 0 Å². The SMILES string of the molecule is Cc1cccc(CC(=O)C2NCCc3cc(NC(=O)c4ccccc4-c4ccc(C(F)(F)F)cc4)ccc32)c1. The van der Waals surface area contributed by atoms with Crippen molar-refractivity contribution in [3.63, 3.8) is 0 Å². The van der Waals surface area contributed by atoms with Crippen LogP contribution in [0, 0.1) is 6.92 Å². The molecule has 1 unspecified atom stereocenters. The average Bonchev–Trinajstić information content (AvgIpc) is 2.92. The van der Waals surface area contributed by atoms with E-state index in [9.17, 15) is 22.8 Å². The van der Waals surface area contributed by atoms with Crippen LogP contribution in [0.5, 0.6) is 0 Å². The zero-order valence-corrected chi connectivity index (χ0v) is 21.3. The predicted octanol–water partition coefficient (Wildman–Crippen LogP) is 6.93. The van der Waals surface area contributed by atoms with E-state index in [4.69, 9.17) is 0 Å². The second-order valence-electron chi connectivity index (χ2n) is 9.76. The first-order chi connectivity index (χ1) is 18.7. The van der Waals surface area contributed by atoms with Gasteiger partial charge in [0, 0.05) is 24.2 Å². The molecule has 4 aromatic carbocycles. The average molecular weight is 529 g/mol. The lowest BCUT2D eigenvalue weighted by Crippen LogP contribution is -2.36. The fourth-order valence-corrected chi connectivity index (χ4v) is 5.03. The summed E-state index contributed by atoms with van der Waals surface area (Å²) >= 11 is 0. The van der Waals surface area contributed by atoms with Crippen LogP contribution in [0.2, 0.25) is 0 Å². The molecule has 5 rings (SSSR count). The molecule has 0 aromatic heterocycles. The Morgan fingerprint density at radius 2 is 1.69 bits per heavy atom. The van der Waals surface area contributed by atoms with Gasteiger partial charge in [0.1, 0.15) is 0 Å². The molecule has 1 atom stereocenters. The van der Waals surface area contributed by atoms with Gasteiger partial charge < -0.3 is 10.6 Å². The minimum absolute atomic E-state index is 0.0869. The number of hydrogen-bond donors (Lipinski definition) is 2. The number of carbonyl (C=O) groups is 2. The predicted molar refractivity (Wildman–Crippen MR) is 146 cm³/mol. The maximum absolute atomic E-state index is 13.2. The Balaban J connectivity index is 1.34. The highest BCUT2D eigenvalue weighted by Gasteiger charge is 2.30. The molecule has 4 nitrogen and oxygen atoms in total. The lowest BCUT2D eigenvalue weighted by atomic mass is 9.89. The van der Waals surface area contributed by atoms with Gasteiger partial charge in [-0.1, -0.05) is 66.2 Å². The van der Waals surface area contributed by atoms with Crippen molar-refractivity contribution >= 4 is 17.4 Å². The zero-order chi connectivity index (χ0) is 27.6. The van der Waals surface area contributed by atoms with E-state index in [1.165, 1.54) is 12.1 Å². The quantitative estimate of drug-likeness (QED) is 0.285. The molecule has 0 saturated heterocycles. The molecular weight excluding hydrogens is 501 g/mol. The van der Waals surface area contributed by atoms with E-state index in [2.05, 4.69) is 10.6 Å². The van der Waals surface area contributed by atoms with Crippen molar-refractivity contribution in [3.8, 4) is 11.1 Å². The van der Waals surface area contributed by atoms with E-state index in [1.807, 2.05) is 43.3 Å². The summed E-state index contributed by atoms with van der Waals surface area (Å²) in [5.41, 5.74) is 5.23. The molecule has 0 fully saturated rings. The van der Waals surface area contributed by atoms with Crippen LogP contribution in [0.3, 0.4) is 0 Å². The first-order valence-corrected chi connectivity index (χ1v) is 12.7. The van der Waals surface area contributed by atoms with Crippen molar-refractivity contribution in [1.82, 2.24) is 5.32 Å². The van der Waals surface area contributed by atoms with Crippen molar-refractivity contribution in [2.45, 2.75) is 32.0 Å². The topological polar surface area (TPSA) is 58.2 Å². The molecule has 4 aromatic rings. The van der Waals surface area contributed by atoms with Gasteiger partial charge in [0.2, 0.25) is 0 Å². The molecule has 1 aliphatic rings. The monoisotopic (exact) mass is 528 g/mol. The summed E-state index contributed by atoms with van der Waals surface area (Å²) < 4.78 is 39.0. The largest absolute Gasteiger partial charge is 0.416 e. The molecule has 2 N–H and O–H groups in total. The smallest absolute Gasteiger partial charge is 0.322 e. The number of hydrogen-bond acceptors (Lipinski definition) is 3. The number of benzene rings is 4. The van der Waals surface area contributed by atoms with Gasteiger partial charge in [0.15, 0.2) is 5.78 Å². The van der Waals surface area contributed by atoms with Gasteiger partial charge in [-0.15, -0.1) is 0 Å². The van der Waals surface area contributed by atoms with Gasteiger partial charge in [0.25, 0.3) is 5.91 Å². The number of amides is 1. The second-order valence-corrected chi connectivity index (χ2v) is 9.76. The van der Waals surface area contributed by atoms with Crippen LogP contribution >= 0.6 is 0 Å². The van der Waals surface area contributed by atoms with Gasteiger partial charge in [-0.05, 0) is 71.5 Å². The summed E-state index contributed by atoms with van der Waals surface area (Å²) in [7, 11) is 0. The van der Waals surface area contributed by atoms with Crippen LogP contribution in [0.4, 0.5) is 18.9 Å². The Morgan fingerprint density at radius 3 is 2.44 bits per heavy atom. The fraction of sp³-hybridized carbons (Fsp3) is 0.188. The van der Waals surface area contributed by atoms with Gasteiger partial charge in [-0.3, -0.25) is 9.59 Å². The number of halogens is 3. The fourth-order valence-electron chi connectivity index (χ4n) is 5.03. The van der Waals surface area contributed by atoms with Crippen molar-refractivity contribution in [3.05, 3.63) is 124 Å². The summed E-state index contributed by atoms with van der Waals surface area (Å²) in [5, 5.41) is 6.25. The van der Waals surface area contributed by atoms with Crippen LogP contribution in [0.15, 0.2) is 91.0 Å². The Kier molecular flexibility index (Phi) is 7.35. The summed E-state index contributed by atoms with van der Waals surface area (Å²) in [6.07, 6.45) is -3.38. The Labute approximate surface area is 224 Å². The third kappa shape index (κ3) is 5.94. The van der Waals surface area contributed by atoms with Crippen molar-refractivity contribution in [2.75, 3.05) is 11.9 Å². The van der Waals surface area contributed by atoms with Gasteiger partial charge in [-0.2, -0.15) is 13.2 Å². The number of carbonyl (C=O) groups excluding carboxylic acids is 2. The number of aryl methyl sites for hydroxylation is 1. The number of ketones is 1. The molecular formula is C32H27F3N2O2. The Morgan fingerprint density at radius 1 is 0.923 bits per heavy atom. The summed E-state index contributed by atoms with van der Waals surface area (Å²) in [5.74, 6) is -0.282. The van der Waals surface area contributed by atoms with Crippen LogP contribution < -0.4 is 10.6 Å². The van der Waals surface area contributed by atoms with Crippen LogP contribution in [-0.4, -0.2) is 18.2 Å². The maximum atomic E-state index is 13.2. The number of alkyl halides is 3. The standard InChI is InChI=1S/C32H27F3N2O2/c1-20-5-4-6-21(17-20)18-29(38)30-27-14-13-25(19-23(27)15-16-36-30)37-31(39)28-8-3-2-7-26(28)22-9-11-24(12-10-22)32(33,34)35/h2-14,17,19,30,36H,15-16,18H2,1H3,(H,37,39). The molecule has 0 aliphatic carbocycles. The second kappa shape index (κ2) is 10.9. The minimum atomic E-state index is -4.43. The maximum Gasteiger partial charge on any atom is 0.416 e. The van der Waals surface area contributed by atoms with E-state index in [1.54, 1.807) is 30.3 Å². The molecule has 1 amide bonds. The molecule has 7 heteroatoms. The minimum Gasteiger partial charge on any atom is -0.322 e. The van der Waals surface area contributed by atoms with Crippen LogP contribution in [0.25, 0.3) is 11.1 Å². The number of fused-ring (bicyclic) bond motifs is 1. The molecule has 0 saturated carbocycles. The van der Waals surface area contributed by atoms with Crippen molar-refractivity contribution < 1.29 is 22.8 Å². The normalized spacial score (nSPS) is 14.9. The molecule has 0 bridgehead atoms. The van der Waals surface area contributed by atoms with Gasteiger partial charge in [-0.25, -0.2) is 0 Å². The van der Waals surface area contributed by atoms with E-state index < -0.39 is 17.8 Å². The first-order valence-electron chi connectivity index (χ1n) is 12.7. The van der Waals surface area contributed by atoms with E-state index in [0.717, 1.165) is 40.8 Å². The molecule has 1 aliphatic heterocycles. The van der Waals surface area contributed by atoms with Gasteiger partial charge in [0.05, 0.1) is 11.6 Å². The van der Waals surface area contributed by atoms with E-state index in [0.29, 0.717) is 35.3 Å². The summed E-state index contributed by atoms with van der Waals surface area (Å²) in [6.45, 7) is 2.64. The highest BCUT2D eigenvalue weighted by Crippen LogP contribution is 2.32. The zero-order valence-electron chi connectivity index (χ0n) is 21.3. The number of nitrogens with one attached hydrogen (secondary N) is 2. The molecule has 1 heterocycles. The summed E-state index contributed by atoms with van der Waals surface area (Å²) in [6, 6.07) is 24.6. The highest BCUT2D eigenvalue weighted by molar-refractivity contribution is 6.08. The molecule has 0 spiro atoms. The van der Waals surface area contributed by atoms with Crippen LogP contribution in [-0.2, 0) is 23.8 Å². The lowest BCUT2D eigenvalue weighted by molar-refractivity contribution is -0.137. The Bertz CT molecular complexity index is 1530. The molecule has 198 valence electrons. The van der Waals surface area contributed by atoms with E-state index >= 15 is 0 Å². The van der Waals surface area contributed by atoms with E-state index in [-0.39, 0.29) is 11.7 Å². The number of rotatable bonds is 6. The number of anilines is 1. The highest BCUT2D eigenvalue weighted by atomic mass is 19.4. The third-order valence-corrected chi connectivity index (χ3v) is 6.93. The van der Waals surface area contributed by atoms with Crippen LogP contribution in [0.1, 0.15) is 44.2 Å². The molecule has 39 heavy (non-hydrogen) atoms. The molecule has 0 radical (unpaired) electrons. The summed E-state index contributed by atoms with van der Waals surface area (Å²) in [4.78, 5) is 26.4.